The molecule has 4 unspecified atom stereocenters. The van der Waals surface area contributed by atoms with Crippen molar-refractivity contribution in [1.29, 1.82) is 0 Å². The molecule has 0 spiro atoms. The maximum atomic E-state index is 10.5. The molecule has 0 radical (unpaired) electrons. The van der Waals surface area contributed by atoms with Crippen molar-refractivity contribution in [2.45, 2.75) is 76.4 Å². The first kappa shape index (κ1) is 41.2. The molecule has 6 aromatic rings. The van der Waals surface area contributed by atoms with Crippen molar-refractivity contribution in [2.75, 3.05) is 54.6 Å². The van der Waals surface area contributed by atoms with Crippen LogP contribution in [0.4, 0.5) is 0 Å². The predicted molar refractivity (Wildman–Crippen MR) is 234 cm³/mol. The largest absolute Gasteiger partial charge is 0.493 e. The van der Waals surface area contributed by atoms with E-state index in [0.717, 1.165) is 82.5 Å². The average Bonchev–Trinajstić information content (AvgIpc) is 3.83. The van der Waals surface area contributed by atoms with Gasteiger partial charge in [-0.2, -0.15) is 0 Å². The number of aliphatic hydroxyl groups excluding tert-OH is 2. The number of hydrogen-bond acceptors (Lipinski definition) is 8. The van der Waals surface area contributed by atoms with Crippen LogP contribution < -0.4 is 29.6 Å². The molecular formula is C48H60N4O6. The summed E-state index contributed by atoms with van der Waals surface area (Å²) in [7, 11) is 6.62. The van der Waals surface area contributed by atoms with Gasteiger partial charge in [0.15, 0.2) is 23.0 Å². The van der Waals surface area contributed by atoms with E-state index >= 15 is 0 Å². The van der Waals surface area contributed by atoms with Gasteiger partial charge in [0.25, 0.3) is 0 Å². The van der Waals surface area contributed by atoms with Crippen LogP contribution in [-0.4, -0.2) is 87.0 Å². The Labute approximate surface area is 342 Å². The minimum Gasteiger partial charge on any atom is -0.493 e. The Morgan fingerprint density at radius 3 is 1.26 bits per heavy atom. The molecule has 0 aliphatic carbocycles. The van der Waals surface area contributed by atoms with E-state index in [1.54, 1.807) is 28.4 Å². The van der Waals surface area contributed by atoms with Crippen molar-refractivity contribution >= 4 is 21.8 Å². The maximum absolute atomic E-state index is 10.5. The minimum absolute atomic E-state index is 0.181. The molecule has 10 heteroatoms. The normalized spacial score (nSPS) is 19.7. The fraction of sp³-hybridized carbons (Fsp3) is 0.417. The molecule has 308 valence electrons. The molecule has 0 amide bonds. The molecule has 0 saturated carbocycles. The molecule has 2 aliphatic heterocycles. The second-order valence-electron chi connectivity index (χ2n) is 16.2. The number of aromatic nitrogens is 2. The van der Waals surface area contributed by atoms with E-state index in [2.05, 4.69) is 96.8 Å². The van der Waals surface area contributed by atoms with E-state index in [9.17, 15) is 10.2 Å². The molecule has 4 heterocycles. The Morgan fingerprint density at radius 1 is 0.517 bits per heavy atom. The predicted octanol–water partition coefficient (Wildman–Crippen LogP) is 8.83. The Morgan fingerprint density at radius 2 is 0.914 bits per heavy atom. The standard InChI is InChI=1S/2C24H30N2O3/c2*1-14(2)23-18-11-15(17-9-10-25-13-20(17)27)5-7-19(18)26-24(23)16-6-8-21(28-3)22(12-16)29-4/h2*5-8,11-12,14,17,20,25-27H,9-10,13H2,1-4H3. The number of ether oxygens (including phenoxy) is 4. The van der Waals surface area contributed by atoms with E-state index in [1.807, 2.05) is 24.3 Å². The first-order chi connectivity index (χ1) is 28.1. The first-order valence-corrected chi connectivity index (χ1v) is 20.6. The van der Waals surface area contributed by atoms with Crippen molar-refractivity contribution in [3.63, 3.8) is 0 Å². The topological polar surface area (TPSA) is 133 Å². The zero-order chi connectivity index (χ0) is 41.1. The van der Waals surface area contributed by atoms with Crippen molar-refractivity contribution in [2.24, 2.45) is 0 Å². The molecule has 4 aromatic carbocycles. The lowest BCUT2D eigenvalue weighted by molar-refractivity contribution is 0.118. The maximum Gasteiger partial charge on any atom is 0.161 e. The fourth-order valence-corrected chi connectivity index (χ4v) is 9.02. The molecule has 2 saturated heterocycles. The van der Waals surface area contributed by atoms with Crippen LogP contribution in [0.2, 0.25) is 0 Å². The number of aliphatic hydroxyl groups is 2. The van der Waals surface area contributed by atoms with Gasteiger partial charge in [-0.25, -0.2) is 0 Å². The summed E-state index contributed by atoms with van der Waals surface area (Å²) in [6.07, 6.45) is 1.23. The average molecular weight is 789 g/mol. The number of hydrogen-bond donors (Lipinski definition) is 6. The van der Waals surface area contributed by atoms with Crippen molar-refractivity contribution in [3.05, 3.63) is 95.1 Å². The Balaban J connectivity index is 0.000000177. The van der Waals surface area contributed by atoms with Crippen LogP contribution in [0.15, 0.2) is 72.8 Å². The summed E-state index contributed by atoms with van der Waals surface area (Å²) in [5.41, 5.74) is 11.6. The highest BCUT2D eigenvalue weighted by atomic mass is 16.5. The third kappa shape index (κ3) is 8.16. The Kier molecular flexibility index (Phi) is 12.7. The zero-order valence-electron chi connectivity index (χ0n) is 35.2. The van der Waals surface area contributed by atoms with Gasteiger partial charge in [0, 0.05) is 57.9 Å². The third-order valence-corrected chi connectivity index (χ3v) is 12.0. The van der Waals surface area contributed by atoms with E-state index in [0.29, 0.717) is 24.9 Å². The second-order valence-corrected chi connectivity index (χ2v) is 16.2. The quantitative estimate of drug-likeness (QED) is 0.0812. The van der Waals surface area contributed by atoms with Crippen LogP contribution in [-0.2, 0) is 0 Å². The van der Waals surface area contributed by atoms with Crippen LogP contribution in [0.3, 0.4) is 0 Å². The molecular weight excluding hydrogens is 729 g/mol. The summed E-state index contributed by atoms with van der Waals surface area (Å²) < 4.78 is 21.8. The number of piperidine rings is 2. The number of nitrogens with one attached hydrogen (secondary N) is 4. The van der Waals surface area contributed by atoms with Gasteiger partial charge < -0.3 is 49.8 Å². The highest BCUT2D eigenvalue weighted by molar-refractivity contribution is 5.93. The Hall–Kier alpha value is -5.00. The highest BCUT2D eigenvalue weighted by Gasteiger charge is 2.27. The first-order valence-electron chi connectivity index (χ1n) is 20.6. The van der Waals surface area contributed by atoms with E-state index < -0.39 is 0 Å². The summed E-state index contributed by atoms with van der Waals surface area (Å²) in [5.74, 6) is 3.94. The molecule has 58 heavy (non-hydrogen) atoms. The molecule has 10 nitrogen and oxygen atoms in total. The summed E-state index contributed by atoms with van der Waals surface area (Å²) in [4.78, 5) is 7.24. The number of aromatic amines is 2. The number of methoxy groups -OCH3 is 4. The molecule has 2 aromatic heterocycles. The summed E-state index contributed by atoms with van der Waals surface area (Å²) in [6, 6.07) is 25.2. The van der Waals surface area contributed by atoms with Crippen molar-refractivity contribution in [1.82, 2.24) is 20.6 Å². The van der Waals surface area contributed by atoms with Gasteiger partial charge in [0.2, 0.25) is 0 Å². The van der Waals surface area contributed by atoms with Gasteiger partial charge in [0.05, 0.1) is 52.0 Å². The van der Waals surface area contributed by atoms with Gasteiger partial charge in [-0.05, 0) is 121 Å². The van der Waals surface area contributed by atoms with Gasteiger partial charge in [-0.15, -0.1) is 0 Å². The lowest BCUT2D eigenvalue weighted by Gasteiger charge is -2.28. The number of rotatable bonds is 10. The molecule has 8 rings (SSSR count). The van der Waals surface area contributed by atoms with Crippen LogP contribution in [0, 0.1) is 0 Å². The van der Waals surface area contributed by atoms with Crippen molar-refractivity contribution in [3.8, 4) is 45.5 Å². The molecule has 2 aliphatic rings. The van der Waals surface area contributed by atoms with Crippen LogP contribution >= 0.6 is 0 Å². The highest BCUT2D eigenvalue weighted by Crippen LogP contribution is 2.42. The summed E-state index contributed by atoms with van der Waals surface area (Å²) in [6.45, 7) is 12.1. The van der Waals surface area contributed by atoms with Crippen molar-refractivity contribution < 1.29 is 29.2 Å². The lowest BCUT2D eigenvalue weighted by atomic mass is 9.86. The van der Waals surface area contributed by atoms with Crippen LogP contribution in [0.25, 0.3) is 44.3 Å². The lowest BCUT2D eigenvalue weighted by Crippen LogP contribution is -2.39. The number of fused-ring (bicyclic) bond motifs is 2. The SMILES string of the molecule is COc1ccc(-c2[nH]c3ccc(C4CCNCC4O)cc3c2C(C)C)cc1OC.COc1ccc(-c2[nH]c3ccc(C4CCNCC4O)cc3c2C(C)C)cc1OC. The molecule has 4 atom stereocenters. The molecule has 0 bridgehead atoms. The Bertz CT molecular complexity index is 2180. The summed E-state index contributed by atoms with van der Waals surface area (Å²) in [5, 5.41) is 29.9. The van der Waals surface area contributed by atoms with E-state index in [4.69, 9.17) is 18.9 Å². The number of H-pyrrole nitrogens is 2. The zero-order valence-corrected chi connectivity index (χ0v) is 35.2. The number of β-amino-alcohol motifs (C(OH)–C–C–N with tert-alkyl or cyclic N) is 2. The molecule has 2 fully saturated rings. The molecule has 6 N–H and O–H groups in total. The van der Waals surface area contributed by atoms with Gasteiger partial charge in [-0.3, -0.25) is 0 Å². The summed E-state index contributed by atoms with van der Waals surface area (Å²) >= 11 is 0. The van der Waals surface area contributed by atoms with E-state index in [-0.39, 0.29) is 24.0 Å². The van der Waals surface area contributed by atoms with E-state index in [1.165, 1.54) is 33.0 Å². The third-order valence-electron chi connectivity index (χ3n) is 12.0. The monoisotopic (exact) mass is 788 g/mol. The van der Waals surface area contributed by atoms with Gasteiger partial charge >= 0.3 is 0 Å². The number of benzene rings is 4. The smallest absolute Gasteiger partial charge is 0.161 e. The minimum atomic E-state index is -0.340. The van der Waals surface area contributed by atoms with Gasteiger partial charge in [0.1, 0.15) is 0 Å². The van der Waals surface area contributed by atoms with Crippen LogP contribution in [0.1, 0.15) is 86.5 Å². The van der Waals surface area contributed by atoms with Crippen LogP contribution in [0.5, 0.6) is 23.0 Å². The second kappa shape index (κ2) is 17.9. The van der Waals surface area contributed by atoms with Gasteiger partial charge in [-0.1, -0.05) is 39.8 Å². The fourth-order valence-electron chi connectivity index (χ4n) is 9.02.